The van der Waals surface area contributed by atoms with Crippen LogP contribution in [0.15, 0.2) is 0 Å². The van der Waals surface area contributed by atoms with Crippen LogP contribution < -0.4 is 0 Å². The van der Waals surface area contributed by atoms with Gasteiger partial charge < -0.3 is 10.0 Å². The Labute approximate surface area is 60.6 Å². The van der Waals surface area contributed by atoms with E-state index in [1.807, 2.05) is 6.92 Å². The molecule has 0 atom stereocenters. The summed E-state index contributed by atoms with van der Waals surface area (Å²) in [5.41, 5.74) is -0.578. The lowest BCUT2D eigenvalue weighted by atomic mass is 9.91. The third-order valence-electron chi connectivity index (χ3n) is 2.07. The van der Waals surface area contributed by atoms with Crippen molar-refractivity contribution in [2.75, 3.05) is 13.1 Å². The summed E-state index contributed by atoms with van der Waals surface area (Å²) in [6, 6.07) is 0. The molecule has 0 aromatic rings. The summed E-state index contributed by atoms with van der Waals surface area (Å²) < 4.78 is 0. The smallest absolute Gasteiger partial charge is 0.219 e. The van der Waals surface area contributed by atoms with Crippen LogP contribution in [0.25, 0.3) is 0 Å². The minimum absolute atomic E-state index is 0.0538. The van der Waals surface area contributed by atoms with Gasteiger partial charge in [-0.05, 0) is 6.42 Å². The predicted octanol–water partition coefficient (Wildman–Crippen LogP) is -0.0104. The Morgan fingerprint density at radius 2 is 2.20 bits per heavy atom. The van der Waals surface area contributed by atoms with Gasteiger partial charge in [-0.25, -0.2) is 0 Å². The van der Waals surface area contributed by atoms with Gasteiger partial charge in [-0.1, -0.05) is 6.92 Å². The second-order valence-electron chi connectivity index (χ2n) is 2.95. The van der Waals surface area contributed by atoms with Gasteiger partial charge in [-0.2, -0.15) is 0 Å². The molecule has 0 spiro atoms. The number of nitrogens with zero attached hydrogens (tertiary/aromatic N) is 1. The number of aliphatic hydroxyl groups is 1. The van der Waals surface area contributed by atoms with Crippen LogP contribution in [-0.2, 0) is 4.79 Å². The third kappa shape index (κ3) is 1.14. The molecule has 0 aliphatic carbocycles. The first-order valence-electron chi connectivity index (χ1n) is 3.55. The quantitative estimate of drug-likeness (QED) is 0.561. The number of hydrogen-bond acceptors (Lipinski definition) is 2. The molecule has 1 amide bonds. The summed E-state index contributed by atoms with van der Waals surface area (Å²) in [7, 11) is 0. The first-order valence-corrected chi connectivity index (χ1v) is 3.55. The molecule has 10 heavy (non-hydrogen) atoms. The van der Waals surface area contributed by atoms with E-state index in [9.17, 15) is 9.90 Å². The second kappa shape index (κ2) is 2.23. The van der Waals surface area contributed by atoms with Crippen LogP contribution in [0, 0.1) is 0 Å². The van der Waals surface area contributed by atoms with E-state index in [4.69, 9.17) is 0 Å². The Bertz CT molecular complexity index is 150. The maximum atomic E-state index is 10.6. The molecule has 0 radical (unpaired) electrons. The highest BCUT2D eigenvalue weighted by Crippen LogP contribution is 2.23. The van der Waals surface area contributed by atoms with Crippen molar-refractivity contribution in [2.24, 2.45) is 0 Å². The molecule has 0 saturated carbocycles. The van der Waals surface area contributed by atoms with Gasteiger partial charge in [0.15, 0.2) is 0 Å². The zero-order chi connectivity index (χ0) is 7.78. The van der Waals surface area contributed by atoms with Crippen molar-refractivity contribution in [1.82, 2.24) is 4.90 Å². The summed E-state index contributed by atoms with van der Waals surface area (Å²) in [5.74, 6) is 0.0538. The second-order valence-corrected chi connectivity index (χ2v) is 2.95. The van der Waals surface area contributed by atoms with Crippen LogP contribution in [0.2, 0.25) is 0 Å². The number of amides is 1. The van der Waals surface area contributed by atoms with Crippen LogP contribution in [-0.4, -0.2) is 34.6 Å². The summed E-state index contributed by atoms with van der Waals surface area (Å²) in [4.78, 5) is 12.3. The summed E-state index contributed by atoms with van der Waals surface area (Å²) in [6.07, 6.45) is 0.733. The number of likely N-dealkylation sites (tertiary alicyclic amines) is 1. The zero-order valence-electron chi connectivity index (χ0n) is 6.42. The van der Waals surface area contributed by atoms with Crippen LogP contribution in [0.3, 0.4) is 0 Å². The lowest BCUT2D eigenvalue weighted by Gasteiger charge is -2.45. The first-order chi connectivity index (χ1) is 4.57. The molecule has 0 unspecified atom stereocenters. The van der Waals surface area contributed by atoms with E-state index >= 15 is 0 Å². The van der Waals surface area contributed by atoms with E-state index in [1.54, 1.807) is 4.90 Å². The van der Waals surface area contributed by atoms with Crippen LogP contribution in [0.1, 0.15) is 20.3 Å². The average Bonchev–Trinajstić information content (AvgIpc) is 1.80. The minimum atomic E-state index is -0.578. The molecule has 1 aliphatic heterocycles. The molecular weight excluding hydrogens is 130 g/mol. The van der Waals surface area contributed by atoms with E-state index in [0.717, 1.165) is 6.42 Å². The van der Waals surface area contributed by atoms with Crippen molar-refractivity contribution in [1.29, 1.82) is 0 Å². The fourth-order valence-corrected chi connectivity index (χ4v) is 1.11. The van der Waals surface area contributed by atoms with Gasteiger partial charge in [0.25, 0.3) is 0 Å². The molecule has 1 N–H and O–H groups in total. The third-order valence-corrected chi connectivity index (χ3v) is 2.07. The summed E-state index contributed by atoms with van der Waals surface area (Å²) in [6.45, 7) is 4.48. The highest BCUT2D eigenvalue weighted by atomic mass is 16.3. The number of hydrogen-bond donors (Lipinski definition) is 1. The van der Waals surface area contributed by atoms with E-state index in [2.05, 4.69) is 0 Å². The van der Waals surface area contributed by atoms with Gasteiger partial charge in [0.05, 0.1) is 18.7 Å². The van der Waals surface area contributed by atoms with Crippen LogP contribution >= 0.6 is 0 Å². The standard InChI is InChI=1S/C7H13NO2/c1-3-7(10)4-8(5-7)6(2)9/h10H,3-5H2,1-2H3. The molecule has 0 aromatic heterocycles. The maximum absolute atomic E-state index is 10.6. The molecular formula is C7H13NO2. The fraction of sp³-hybridized carbons (Fsp3) is 0.857. The molecule has 3 heteroatoms. The topological polar surface area (TPSA) is 40.5 Å². The SMILES string of the molecule is CCC1(O)CN(C(C)=O)C1. The number of rotatable bonds is 1. The first kappa shape index (κ1) is 7.54. The molecule has 3 nitrogen and oxygen atoms in total. The van der Waals surface area contributed by atoms with Crippen molar-refractivity contribution in [3.8, 4) is 0 Å². The van der Waals surface area contributed by atoms with Gasteiger partial charge in [0.1, 0.15) is 0 Å². The van der Waals surface area contributed by atoms with Crippen molar-refractivity contribution < 1.29 is 9.90 Å². The fourth-order valence-electron chi connectivity index (χ4n) is 1.11. The summed E-state index contributed by atoms with van der Waals surface area (Å²) >= 11 is 0. The Hall–Kier alpha value is -0.570. The lowest BCUT2D eigenvalue weighted by molar-refractivity contribution is -0.153. The Kier molecular flexibility index (Phi) is 1.68. The molecule has 1 rings (SSSR count). The van der Waals surface area contributed by atoms with Crippen LogP contribution in [0.5, 0.6) is 0 Å². The van der Waals surface area contributed by atoms with Gasteiger partial charge >= 0.3 is 0 Å². The van der Waals surface area contributed by atoms with Crippen molar-refractivity contribution in [2.45, 2.75) is 25.9 Å². The number of carbonyl (C=O) groups is 1. The minimum Gasteiger partial charge on any atom is -0.386 e. The molecule has 1 aliphatic rings. The maximum Gasteiger partial charge on any atom is 0.219 e. The molecule has 1 saturated heterocycles. The molecule has 58 valence electrons. The van der Waals surface area contributed by atoms with Gasteiger partial charge in [-0.15, -0.1) is 0 Å². The average molecular weight is 143 g/mol. The lowest BCUT2D eigenvalue weighted by Crippen LogP contribution is -2.62. The van der Waals surface area contributed by atoms with Crippen molar-refractivity contribution in [3.05, 3.63) is 0 Å². The summed E-state index contributed by atoms with van der Waals surface area (Å²) in [5, 5.41) is 9.44. The Morgan fingerprint density at radius 1 is 1.70 bits per heavy atom. The van der Waals surface area contributed by atoms with Crippen molar-refractivity contribution in [3.63, 3.8) is 0 Å². The van der Waals surface area contributed by atoms with E-state index in [1.165, 1.54) is 6.92 Å². The van der Waals surface area contributed by atoms with E-state index in [0.29, 0.717) is 13.1 Å². The zero-order valence-corrected chi connectivity index (χ0v) is 6.42. The monoisotopic (exact) mass is 143 g/mol. The normalized spacial score (nSPS) is 22.1. The Morgan fingerprint density at radius 3 is 2.50 bits per heavy atom. The number of carbonyl (C=O) groups excluding carboxylic acids is 1. The highest BCUT2D eigenvalue weighted by Gasteiger charge is 2.40. The van der Waals surface area contributed by atoms with E-state index < -0.39 is 5.60 Å². The molecule has 1 fully saturated rings. The molecule has 0 aromatic carbocycles. The largest absolute Gasteiger partial charge is 0.386 e. The molecule has 0 bridgehead atoms. The van der Waals surface area contributed by atoms with E-state index in [-0.39, 0.29) is 5.91 Å². The highest BCUT2D eigenvalue weighted by molar-refractivity contribution is 5.74. The van der Waals surface area contributed by atoms with Crippen LogP contribution in [0.4, 0.5) is 0 Å². The van der Waals surface area contributed by atoms with Gasteiger partial charge in [0, 0.05) is 6.92 Å². The molecule has 1 heterocycles. The van der Waals surface area contributed by atoms with Gasteiger partial charge in [0.2, 0.25) is 5.91 Å². The number of β-amino-alcohol motifs (C(OH)–C–C–N with tert-alkyl or cyclic N) is 1. The van der Waals surface area contributed by atoms with Crippen molar-refractivity contribution >= 4 is 5.91 Å². The Balaban J connectivity index is 2.36. The predicted molar refractivity (Wildman–Crippen MR) is 37.5 cm³/mol. The van der Waals surface area contributed by atoms with Gasteiger partial charge in [-0.3, -0.25) is 4.79 Å².